The van der Waals surface area contributed by atoms with Crippen LogP contribution in [0.25, 0.3) is 11.4 Å². The predicted octanol–water partition coefficient (Wildman–Crippen LogP) is 1.18. The van der Waals surface area contributed by atoms with E-state index < -0.39 is 0 Å². The van der Waals surface area contributed by atoms with E-state index in [0.717, 1.165) is 24.2 Å². The molecule has 0 aromatic carbocycles. The summed E-state index contributed by atoms with van der Waals surface area (Å²) in [5.74, 6) is 0.451. The fraction of sp³-hybridized carbons (Fsp3) is 0.471. The Bertz CT molecular complexity index is 779. The van der Waals surface area contributed by atoms with E-state index in [0.29, 0.717) is 24.8 Å². The molecule has 26 heavy (non-hydrogen) atoms. The lowest BCUT2D eigenvalue weighted by Crippen LogP contribution is -2.44. The highest BCUT2D eigenvalue weighted by Gasteiger charge is 2.27. The molecule has 0 saturated carbocycles. The topological polar surface area (TPSA) is 107 Å². The molecular weight excluding hydrogens is 352 g/mol. The van der Waals surface area contributed by atoms with Gasteiger partial charge in [-0.2, -0.15) is 0 Å². The molecule has 0 unspecified atom stereocenters. The van der Waals surface area contributed by atoms with Gasteiger partial charge in [-0.05, 0) is 31.9 Å². The molecule has 3 heterocycles. The van der Waals surface area contributed by atoms with E-state index in [1.165, 1.54) is 11.8 Å². The van der Waals surface area contributed by atoms with Crippen LogP contribution in [0.15, 0.2) is 29.7 Å². The van der Waals surface area contributed by atoms with Gasteiger partial charge < -0.3 is 15.2 Å². The number of hydrogen-bond acceptors (Lipinski definition) is 6. The van der Waals surface area contributed by atoms with E-state index in [9.17, 15) is 9.59 Å². The molecule has 1 aliphatic heterocycles. The van der Waals surface area contributed by atoms with Crippen molar-refractivity contribution in [2.75, 3.05) is 18.8 Å². The largest absolute Gasteiger partial charge is 0.369 e. The highest BCUT2D eigenvalue weighted by molar-refractivity contribution is 7.99. The summed E-state index contributed by atoms with van der Waals surface area (Å²) in [6.45, 7) is 3.81. The summed E-state index contributed by atoms with van der Waals surface area (Å²) >= 11 is 1.36. The van der Waals surface area contributed by atoms with Crippen LogP contribution >= 0.6 is 11.8 Å². The third kappa shape index (κ3) is 4.04. The van der Waals surface area contributed by atoms with Crippen molar-refractivity contribution in [2.24, 2.45) is 11.7 Å². The number of primary amides is 1. The maximum absolute atomic E-state index is 12.5. The number of hydrogen-bond donors (Lipinski definition) is 1. The van der Waals surface area contributed by atoms with Crippen LogP contribution in [-0.4, -0.2) is 55.3 Å². The van der Waals surface area contributed by atoms with Gasteiger partial charge in [-0.25, -0.2) is 0 Å². The molecule has 3 rings (SSSR count). The van der Waals surface area contributed by atoms with Crippen molar-refractivity contribution in [2.45, 2.75) is 31.5 Å². The third-order valence-electron chi connectivity index (χ3n) is 4.47. The number of aromatic nitrogens is 4. The SMILES string of the molecule is CCn1c(SCC(=O)N2CCC[C@H](C(N)=O)C2)nnc1-c1ccncc1. The number of carbonyl (C=O) groups excluding carboxylic acids is 2. The lowest BCUT2D eigenvalue weighted by atomic mass is 9.97. The van der Waals surface area contributed by atoms with Crippen LogP contribution < -0.4 is 5.73 Å². The fourth-order valence-corrected chi connectivity index (χ4v) is 3.95. The number of likely N-dealkylation sites (tertiary alicyclic amines) is 1. The number of pyridine rings is 1. The van der Waals surface area contributed by atoms with Crippen LogP contribution in [0.4, 0.5) is 0 Å². The van der Waals surface area contributed by atoms with Gasteiger partial charge in [0, 0.05) is 37.6 Å². The number of rotatable bonds is 6. The number of piperidine rings is 1. The number of nitrogens with zero attached hydrogens (tertiary/aromatic N) is 5. The second kappa shape index (κ2) is 8.31. The van der Waals surface area contributed by atoms with Crippen molar-refractivity contribution in [3.8, 4) is 11.4 Å². The minimum absolute atomic E-state index is 0.00272. The molecule has 9 heteroatoms. The lowest BCUT2D eigenvalue weighted by Gasteiger charge is -2.31. The number of nitrogens with two attached hydrogens (primary N) is 1. The van der Waals surface area contributed by atoms with E-state index in [1.807, 2.05) is 23.6 Å². The normalized spacial score (nSPS) is 17.3. The summed E-state index contributed by atoms with van der Waals surface area (Å²) < 4.78 is 1.98. The highest BCUT2D eigenvalue weighted by Crippen LogP contribution is 2.24. The van der Waals surface area contributed by atoms with Crippen molar-refractivity contribution in [3.63, 3.8) is 0 Å². The zero-order chi connectivity index (χ0) is 18.5. The van der Waals surface area contributed by atoms with E-state index in [2.05, 4.69) is 15.2 Å². The van der Waals surface area contributed by atoms with Crippen LogP contribution in [0, 0.1) is 5.92 Å². The van der Waals surface area contributed by atoms with Gasteiger partial charge >= 0.3 is 0 Å². The van der Waals surface area contributed by atoms with Crippen molar-refractivity contribution in [1.29, 1.82) is 0 Å². The zero-order valence-electron chi connectivity index (χ0n) is 14.7. The van der Waals surface area contributed by atoms with Gasteiger partial charge in [-0.15, -0.1) is 10.2 Å². The van der Waals surface area contributed by atoms with Crippen LogP contribution in [0.2, 0.25) is 0 Å². The molecule has 1 saturated heterocycles. The van der Waals surface area contributed by atoms with Crippen LogP contribution in [-0.2, 0) is 16.1 Å². The van der Waals surface area contributed by atoms with Gasteiger partial charge in [0.1, 0.15) is 0 Å². The molecule has 138 valence electrons. The maximum atomic E-state index is 12.5. The summed E-state index contributed by atoms with van der Waals surface area (Å²) in [6, 6.07) is 3.76. The molecule has 0 bridgehead atoms. The zero-order valence-corrected chi connectivity index (χ0v) is 15.5. The monoisotopic (exact) mass is 374 g/mol. The van der Waals surface area contributed by atoms with Gasteiger partial charge in [0.15, 0.2) is 11.0 Å². The first kappa shape index (κ1) is 18.4. The van der Waals surface area contributed by atoms with Gasteiger partial charge in [0.2, 0.25) is 11.8 Å². The quantitative estimate of drug-likeness (QED) is 0.761. The minimum Gasteiger partial charge on any atom is -0.369 e. The van der Waals surface area contributed by atoms with Gasteiger partial charge in [0.25, 0.3) is 0 Å². The lowest BCUT2D eigenvalue weighted by molar-refractivity contribution is -0.132. The molecule has 1 atom stereocenters. The Morgan fingerprint density at radius 2 is 2.08 bits per heavy atom. The molecule has 8 nitrogen and oxygen atoms in total. The highest BCUT2D eigenvalue weighted by atomic mass is 32.2. The summed E-state index contributed by atoms with van der Waals surface area (Å²) in [7, 11) is 0. The third-order valence-corrected chi connectivity index (χ3v) is 5.42. The molecule has 2 N–H and O–H groups in total. The first-order valence-corrected chi connectivity index (χ1v) is 9.62. The molecule has 1 aliphatic rings. The molecule has 0 radical (unpaired) electrons. The van der Waals surface area contributed by atoms with Crippen molar-refractivity contribution >= 4 is 23.6 Å². The Morgan fingerprint density at radius 1 is 1.31 bits per heavy atom. The summed E-state index contributed by atoms with van der Waals surface area (Å²) in [6.07, 6.45) is 4.99. The molecule has 2 aromatic rings. The average Bonchev–Trinajstić information content (AvgIpc) is 3.09. The predicted molar refractivity (Wildman–Crippen MR) is 98.1 cm³/mol. The van der Waals surface area contributed by atoms with Crippen molar-refractivity contribution < 1.29 is 9.59 Å². The number of carbonyl (C=O) groups is 2. The molecular formula is C17H22N6O2S. The molecule has 2 aromatic heterocycles. The summed E-state index contributed by atoms with van der Waals surface area (Å²) in [4.78, 5) is 29.6. The first-order valence-electron chi connectivity index (χ1n) is 8.63. The smallest absolute Gasteiger partial charge is 0.233 e. The van der Waals surface area contributed by atoms with Gasteiger partial charge in [-0.3, -0.25) is 14.6 Å². The number of amides is 2. The van der Waals surface area contributed by atoms with Crippen molar-refractivity contribution in [1.82, 2.24) is 24.6 Å². The second-order valence-electron chi connectivity index (χ2n) is 6.16. The van der Waals surface area contributed by atoms with Gasteiger partial charge in [0.05, 0.1) is 11.7 Å². The Balaban J connectivity index is 1.65. The molecule has 1 fully saturated rings. The van der Waals surface area contributed by atoms with E-state index >= 15 is 0 Å². The van der Waals surface area contributed by atoms with E-state index in [4.69, 9.17) is 5.73 Å². The van der Waals surface area contributed by atoms with Crippen LogP contribution in [0.1, 0.15) is 19.8 Å². The van der Waals surface area contributed by atoms with Crippen LogP contribution in [0.5, 0.6) is 0 Å². The standard InChI is InChI=1S/C17H22N6O2S/c1-2-23-16(12-5-7-19-8-6-12)20-21-17(23)26-11-14(24)22-9-3-4-13(10-22)15(18)25/h5-8,13H,2-4,9-11H2,1H3,(H2,18,25)/t13-/m0/s1. The first-order chi connectivity index (χ1) is 12.6. The summed E-state index contributed by atoms with van der Waals surface area (Å²) in [5, 5.41) is 9.20. The van der Waals surface area contributed by atoms with Crippen LogP contribution in [0.3, 0.4) is 0 Å². The average molecular weight is 374 g/mol. The minimum atomic E-state index is -0.331. The molecule has 2 amide bonds. The Kier molecular flexibility index (Phi) is 5.87. The molecule has 0 spiro atoms. The second-order valence-corrected chi connectivity index (χ2v) is 7.10. The Labute approximate surface area is 156 Å². The molecule has 0 aliphatic carbocycles. The van der Waals surface area contributed by atoms with Gasteiger partial charge in [-0.1, -0.05) is 11.8 Å². The Hall–Kier alpha value is -2.42. The maximum Gasteiger partial charge on any atom is 0.233 e. The fourth-order valence-electron chi connectivity index (χ4n) is 3.05. The van der Waals surface area contributed by atoms with E-state index in [1.54, 1.807) is 17.3 Å². The van der Waals surface area contributed by atoms with Crippen molar-refractivity contribution in [3.05, 3.63) is 24.5 Å². The number of thioether (sulfide) groups is 1. The van der Waals surface area contributed by atoms with E-state index in [-0.39, 0.29) is 23.5 Å². The summed E-state index contributed by atoms with van der Waals surface area (Å²) in [5.41, 5.74) is 6.32. The Morgan fingerprint density at radius 3 is 2.77 bits per heavy atom.